The maximum Gasteiger partial charge on any atom is 0.407 e. The minimum absolute atomic E-state index is 0.192. The molecule has 0 aromatic carbocycles. The van der Waals surface area contributed by atoms with Crippen molar-refractivity contribution in [3.63, 3.8) is 0 Å². The van der Waals surface area contributed by atoms with Gasteiger partial charge in [-0.1, -0.05) is 21.6 Å². The monoisotopic (exact) mass is 234 g/mol. The predicted octanol–water partition coefficient (Wildman–Crippen LogP) is 1.04. The number of hydrogen-bond donors (Lipinski definition) is 1. The highest BCUT2D eigenvalue weighted by molar-refractivity contribution is 8.76. The van der Waals surface area contributed by atoms with E-state index in [4.69, 9.17) is 5.11 Å². The van der Waals surface area contributed by atoms with E-state index in [1.807, 2.05) is 10.8 Å². The van der Waals surface area contributed by atoms with Gasteiger partial charge in [-0.2, -0.15) is 0 Å². The second-order valence-electron chi connectivity index (χ2n) is 3.66. The number of piperazine rings is 1. The van der Waals surface area contributed by atoms with Crippen LogP contribution in [0.1, 0.15) is 0 Å². The van der Waals surface area contributed by atoms with Gasteiger partial charge in [-0.25, -0.2) is 4.79 Å². The summed E-state index contributed by atoms with van der Waals surface area (Å²) in [5.41, 5.74) is 0. The topological polar surface area (TPSA) is 43.8 Å². The van der Waals surface area contributed by atoms with Gasteiger partial charge in [0.05, 0.1) is 6.04 Å². The van der Waals surface area contributed by atoms with Crippen LogP contribution in [0.3, 0.4) is 0 Å². The van der Waals surface area contributed by atoms with Crippen LogP contribution in [0, 0.1) is 0 Å². The highest BCUT2D eigenvalue weighted by atomic mass is 33.1. The summed E-state index contributed by atoms with van der Waals surface area (Å²) in [6, 6.07) is 0.601. The molecular weight excluding hydrogens is 220 g/mol. The molecule has 2 atom stereocenters. The number of hydrogen-bond acceptors (Lipinski definition) is 4. The van der Waals surface area contributed by atoms with Crippen LogP contribution in [0.4, 0.5) is 4.79 Å². The van der Waals surface area contributed by atoms with E-state index in [-0.39, 0.29) is 6.04 Å². The average Bonchev–Trinajstić information content (AvgIpc) is 2.18. The van der Waals surface area contributed by atoms with Crippen molar-refractivity contribution in [3.05, 3.63) is 0 Å². The van der Waals surface area contributed by atoms with Crippen LogP contribution in [0.25, 0.3) is 0 Å². The van der Waals surface area contributed by atoms with Crippen LogP contribution >= 0.6 is 21.6 Å². The van der Waals surface area contributed by atoms with Crippen molar-refractivity contribution in [2.45, 2.75) is 12.1 Å². The van der Waals surface area contributed by atoms with Crippen LogP contribution < -0.4 is 0 Å². The Morgan fingerprint density at radius 1 is 1.29 bits per heavy atom. The molecule has 1 N–H and O–H groups in total. The third-order valence-electron chi connectivity index (χ3n) is 2.91. The molecule has 2 rings (SSSR count). The van der Waals surface area contributed by atoms with Gasteiger partial charge in [0.25, 0.3) is 0 Å². The Morgan fingerprint density at radius 2 is 1.93 bits per heavy atom. The minimum atomic E-state index is -0.763. The number of amides is 1. The van der Waals surface area contributed by atoms with E-state index in [9.17, 15) is 4.79 Å². The van der Waals surface area contributed by atoms with Crippen molar-refractivity contribution in [2.75, 3.05) is 31.6 Å². The Morgan fingerprint density at radius 3 is 2.57 bits per heavy atom. The summed E-state index contributed by atoms with van der Waals surface area (Å²) < 4.78 is 0. The molecule has 0 aromatic rings. The first-order valence-corrected chi connectivity index (χ1v) is 7.13. The lowest BCUT2D eigenvalue weighted by Crippen LogP contribution is -2.62. The molecule has 4 nitrogen and oxygen atoms in total. The zero-order chi connectivity index (χ0) is 10.1. The lowest BCUT2D eigenvalue weighted by Gasteiger charge is -2.46. The summed E-state index contributed by atoms with van der Waals surface area (Å²) in [5, 5.41) is 9.05. The largest absolute Gasteiger partial charge is 0.465 e. The average molecular weight is 234 g/mol. The lowest BCUT2D eigenvalue weighted by molar-refractivity contribution is 0.0549. The summed E-state index contributed by atoms with van der Waals surface area (Å²) in [6.45, 7) is 1.51. The molecule has 80 valence electrons. The van der Waals surface area contributed by atoms with Crippen LogP contribution in [0.5, 0.6) is 0 Å². The Kier molecular flexibility index (Phi) is 3.14. The van der Waals surface area contributed by atoms with Crippen LogP contribution in [0.15, 0.2) is 0 Å². The summed E-state index contributed by atoms with van der Waals surface area (Å²) in [4.78, 5) is 14.9. The van der Waals surface area contributed by atoms with Crippen LogP contribution in [-0.4, -0.2) is 64.7 Å². The van der Waals surface area contributed by atoms with Crippen molar-refractivity contribution >= 4 is 27.7 Å². The SMILES string of the molecule is CN1CCN(C(=O)O)C2CSSCC21. The summed E-state index contributed by atoms with van der Waals surface area (Å²) >= 11 is 0. The van der Waals surface area contributed by atoms with E-state index in [1.54, 1.807) is 15.7 Å². The highest BCUT2D eigenvalue weighted by Gasteiger charge is 2.39. The van der Waals surface area contributed by atoms with Gasteiger partial charge in [0.2, 0.25) is 0 Å². The molecular formula is C8H14N2O2S2. The molecule has 2 aliphatic rings. The first-order valence-electron chi connectivity index (χ1n) is 4.64. The van der Waals surface area contributed by atoms with Gasteiger partial charge in [0, 0.05) is 30.6 Å². The summed E-state index contributed by atoms with van der Waals surface area (Å²) in [6.07, 6.45) is -0.763. The van der Waals surface area contributed by atoms with Crippen molar-refractivity contribution in [1.29, 1.82) is 0 Å². The quantitative estimate of drug-likeness (QED) is 0.635. The second-order valence-corrected chi connectivity index (χ2v) is 6.21. The molecule has 0 radical (unpaired) electrons. The number of nitrogens with zero attached hydrogens (tertiary/aromatic N) is 2. The van der Waals surface area contributed by atoms with E-state index in [0.717, 1.165) is 18.1 Å². The number of carbonyl (C=O) groups is 1. The molecule has 2 heterocycles. The van der Waals surface area contributed by atoms with Crippen molar-refractivity contribution in [1.82, 2.24) is 9.80 Å². The number of carboxylic acid groups (broad SMARTS) is 1. The lowest BCUT2D eigenvalue weighted by atomic mass is 10.1. The molecule has 6 heteroatoms. The van der Waals surface area contributed by atoms with Gasteiger partial charge < -0.3 is 10.0 Å². The van der Waals surface area contributed by atoms with E-state index in [0.29, 0.717) is 12.6 Å². The second kappa shape index (κ2) is 4.20. The van der Waals surface area contributed by atoms with E-state index >= 15 is 0 Å². The molecule has 2 fully saturated rings. The minimum Gasteiger partial charge on any atom is -0.465 e. The van der Waals surface area contributed by atoms with Gasteiger partial charge in [-0.15, -0.1) is 0 Å². The number of rotatable bonds is 0. The third-order valence-corrected chi connectivity index (χ3v) is 5.35. The normalized spacial score (nSPS) is 33.9. The maximum absolute atomic E-state index is 11.0. The molecule has 0 spiro atoms. The van der Waals surface area contributed by atoms with Gasteiger partial charge in [-0.05, 0) is 7.05 Å². The molecule has 2 aliphatic heterocycles. The number of likely N-dealkylation sites (N-methyl/N-ethyl adjacent to an activating group) is 1. The van der Waals surface area contributed by atoms with Crippen LogP contribution in [-0.2, 0) is 0 Å². The van der Waals surface area contributed by atoms with E-state index in [1.165, 1.54) is 0 Å². The zero-order valence-electron chi connectivity index (χ0n) is 8.05. The fraction of sp³-hybridized carbons (Fsp3) is 0.875. The molecule has 0 saturated carbocycles. The van der Waals surface area contributed by atoms with E-state index in [2.05, 4.69) is 11.9 Å². The van der Waals surface area contributed by atoms with Gasteiger partial charge in [0.15, 0.2) is 0 Å². The molecule has 2 unspecified atom stereocenters. The number of fused-ring (bicyclic) bond motifs is 1. The van der Waals surface area contributed by atoms with Crippen LogP contribution in [0.2, 0.25) is 0 Å². The smallest absolute Gasteiger partial charge is 0.407 e. The third kappa shape index (κ3) is 1.83. The van der Waals surface area contributed by atoms with E-state index < -0.39 is 6.09 Å². The summed E-state index contributed by atoms with van der Waals surface area (Å²) in [7, 11) is 5.73. The van der Waals surface area contributed by atoms with Crippen molar-refractivity contribution in [2.24, 2.45) is 0 Å². The first kappa shape index (κ1) is 10.4. The predicted molar refractivity (Wildman–Crippen MR) is 59.9 cm³/mol. The fourth-order valence-electron chi connectivity index (χ4n) is 2.01. The molecule has 0 aromatic heterocycles. The Bertz CT molecular complexity index is 239. The van der Waals surface area contributed by atoms with Crippen molar-refractivity contribution < 1.29 is 9.90 Å². The highest BCUT2D eigenvalue weighted by Crippen LogP contribution is 2.35. The molecule has 1 amide bonds. The van der Waals surface area contributed by atoms with Gasteiger partial charge >= 0.3 is 6.09 Å². The van der Waals surface area contributed by atoms with Gasteiger partial charge in [-0.3, -0.25) is 4.90 Å². The standard InChI is InChI=1S/C8H14N2O2S2/c1-9-2-3-10(8(11)12)7-5-14-13-4-6(7)9/h6-7H,2-5H2,1H3,(H,11,12). The Hall–Kier alpha value is -0.0700. The molecule has 0 aliphatic carbocycles. The van der Waals surface area contributed by atoms with Crippen molar-refractivity contribution in [3.8, 4) is 0 Å². The van der Waals surface area contributed by atoms with Gasteiger partial charge in [0.1, 0.15) is 0 Å². The first-order chi connectivity index (χ1) is 6.70. The fourth-order valence-corrected chi connectivity index (χ4v) is 4.78. The Balaban J connectivity index is 2.12. The molecule has 0 bridgehead atoms. The molecule has 2 saturated heterocycles. The Labute approximate surface area is 91.4 Å². The summed E-state index contributed by atoms with van der Waals surface area (Å²) in [5.74, 6) is 1.96. The maximum atomic E-state index is 11.0. The zero-order valence-corrected chi connectivity index (χ0v) is 9.68. The molecule has 14 heavy (non-hydrogen) atoms.